The first-order chi connectivity index (χ1) is 7.84. The molecule has 0 saturated heterocycles. The first-order valence-corrected chi connectivity index (χ1v) is 5.91. The summed E-state index contributed by atoms with van der Waals surface area (Å²) in [5.41, 5.74) is 1.86. The lowest BCUT2D eigenvalue weighted by Gasteiger charge is -2.09. The third-order valence-electron chi connectivity index (χ3n) is 2.54. The van der Waals surface area contributed by atoms with Gasteiger partial charge in [-0.2, -0.15) is 0 Å². The highest BCUT2D eigenvalue weighted by molar-refractivity contribution is 8.04. The number of ketones is 1. The van der Waals surface area contributed by atoms with Crippen molar-refractivity contribution in [2.75, 3.05) is 0 Å². The fourth-order valence-corrected chi connectivity index (χ4v) is 2.77. The molecule has 0 atom stereocenters. The van der Waals surface area contributed by atoms with Gasteiger partial charge >= 0.3 is 0 Å². The van der Waals surface area contributed by atoms with Gasteiger partial charge in [0.25, 0.3) is 0 Å². The monoisotopic (exact) mass is 227 g/mol. The van der Waals surface area contributed by atoms with E-state index in [1.807, 2.05) is 36.4 Å². The van der Waals surface area contributed by atoms with Gasteiger partial charge in [-0.3, -0.25) is 9.79 Å². The molecule has 1 heterocycles. The Morgan fingerprint density at radius 3 is 3.06 bits per heavy atom. The Morgan fingerprint density at radius 1 is 1.25 bits per heavy atom. The second kappa shape index (κ2) is 3.76. The van der Waals surface area contributed by atoms with Crippen molar-refractivity contribution in [3.8, 4) is 0 Å². The molecule has 0 spiro atoms. The van der Waals surface area contributed by atoms with E-state index in [0.29, 0.717) is 6.42 Å². The van der Waals surface area contributed by atoms with Crippen molar-refractivity contribution < 1.29 is 4.79 Å². The van der Waals surface area contributed by atoms with Crippen LogP contribution < -0.4 is 0 Å². The van der Waals surface area contributed by atoms with Gasteiger partial charge < -0.3 is 0 Å². The molecule has 0 unspecified atom stereocenters. The molecule has 0 amide bonds. The first kappa shape index (κ1) is 9.60. The molecule has 16 heavy (non-hydrogen) atoms. The summed E-state index contributed by atoms with van der Waals surface area (Å²) in [6, 6.07) is 7.89. The quantitative estimate of drug-likeness (QED) is 0.680. The van der Waals surface area contributed by atoms with E-state index >= 15 is 0 Å². The van der Waals surface area contributed by atoms with Crippen molar-refractivity contribution in [1.82, 2.24) is 0 Å². The van der Waals surface area contributed by atoms with Gasteiger partial charge in [-0.15, -0.1) is 0 Å². The van der Waals surface area contributed by atoms with Crippen molar-refractivity contribution >= 4 is 29.4 Å². The van der Waals surface area contributed by atoms with Crippen molar-refractivity contribution in [1.29, 1.82) is 0 Å². The lowest BCUT2D eigenvalue weighted by Crippen LogP contribution is -2.05. The van der Waals surface area contributed by atoms with Crippen molar-refractivity contribution in [2.45, 2.75) is 11.3 Å². The van der Waals surface area contributed by atoms with E-state index < -0.39 is 0 Å². The number of allylic oxidation sites excluding steroid dienone is 4. The van der Waals surface area contributed by atoms with E-state index in [4.69, 9.17) is 0 Å². The fourth-order valence-electron chi connectivity index (χ4n) is 1.74. The van der Waals surface area contributed by atoms with Crippen LogP contribution in [0.5, 0.6) is 0 Å². The number of fused-ring (bicyclic) bond motifs is 1. The molecular formula is C13H9NOS. The molecule has 2 aliphatic rings. The molecule has 1 aliphatic heterocycles. The van der Waals surface area contributed by atoms with Gasteiger partial charge in [-0.25, -0.2) is 0 Å². The van der Waals surface area contributed by atoms with Crippen molar-refractivity contribution in [3.05, 3.63) is 46.9 Å². The average molecular weight is 227 g/mol. The van der Waals surface area contributed by atoms with Crippen LogP contribution >= 0.6 is 11.8 Å². The number of carbonyl (C=O) groups is 1. The summed E-state index contributed by atoms with van der Waals surface area (Å²) >= 11 is 1.52. The van der Waals surface area contributed by atoms with Gasteiger partial charge in [0, 0.05) is 23.1 Å². The molecule has 1 aromatic rings. The summed E-state index contributed by atoms with van der Waals surface area (Å²) in [4.78, 5) is 18.1. The minimum absolute atomic E-state index is 0.186. The van der Waals surface area contributed by atoms with Gasteiger partial charge in [-0.1, -0.05) is 36.0 Å². The average Bonchev–Trinajstić information content (AvgIpc) is 2.50. The maximum atomic E-state index is 11.8. The summed E-state index contributed by atoms with van der Waals surface area (Å²) in [6.45, 7) is 0. The van der Waals surface area contributed by atoms with Crippen LogP contribution in [-0.4, -0.2) is 12.0 Å². The summed E-state index contributed by atoms with van der Waals surface area (Å²) in [6.07, 6.45) is 6.15. The lowest BCUT2D eigenvalue weighted by molar-refractivity contribution is -0.114. The standard InChI is InChI=1S/C13H9NOS/c15-11-6-3-4-9-8-14-10-5-1-2-7-12(10)16-13(9)11/h1-5,7-8H,6H2. The van der Waals surface area contributed by atoms with E-state index in [2.05, 4.69) is 4.99 Å². The van der Waals surface area contributed by atoms with Gasteiger partial charge in [0.15, 0.2) is 5.78 Å². The number of aliphatic imine (C=N–C) groups is 1. The Balaban J connectivity index is 2.14. The molecular weight excluding hydrogens is 218 g/mol. The predicted molar refractivity (Wildman–Crippen MR) is 66.2 cm³/mol. The van der Waals surface area contributed by atoms with Gasteiger partial charge in [0.1, 0.15) is 0 Å². The molecule has 1 aromatic carbocycles. The number of nitrogens with zero attached hydrogens (tertiary/aromatic N) is 1. The minimum Gasteiger partial charge on any atom is -0.293 e. The fraction of sp³-hybridized carbons (Fsp3) is 0.0769. The predicted octanol–water partition coefficient (Wildman–Crippen LogP) is 3.28. The van der Waals surface area contributed by atoms with Crippen LogP contribution in [0.4, 0.5) is 5.69 Å². The SMILES string of the molecule is O=C1CC=CC2=C1Sc1ccccc1N=C2. The van der Waals surface area contributed by atoms with Gasteiger partial charge in [0.05, 0.1) is 10.6 Å². The number of thioether (sulfide) groups is 1. The zero-order valence-corrected chi connectivity index (χ0v) is 9.33. The highest BCUT2D eigenvalue weighted by Crippen LogP contribution is 2.39. The van der Waals surface area contributed by atoms with Gasteiger partial charge in [-0.05, 0) is 12.1 Å². The Hall–Kier alpha value is -1.61. The summed E-state index contributed by atoms with van der Waals surface area (Å²) in [5, 5.41) is 0. The van der Waals surface area contributed by atoms with Crippen LogP contribution in [0.3, 0.4) is 0 Å². The van der Waals surface area contributed by atoms with Crippen LogP contribution in [0, 0.1) is 0 Å². The number of carbonyl (C=O) groups excluding carboxylic acids is 1. The number of para-hydroxylation sites is 1. The Labute approximate surface area is 97.8 Å². The first-order valence-electron chi connectivity index (χ1n) is 5.09. The molecule has 0 fully saturated rings. The summed E-state index contributed by atoms with van der Waals surface area (Å²) in [7, 11) is 0. The normalized spacial score (nSPS) is 18.1. The highest BCUT2D eigenvalue weighted by Gasteiger charge is 2.20. The van der Waals surface area contributed by atoms with Gasteiger partial charge in [0.2, 0.25) is 0 Å². The van der Waals surface area contributed by atoms with Crippen molar-refractivity contribution in [3.63, 3.8) is 0 Å². The topological polar surface area (TPSA) is 29.4 Å². The third-order valence-corrected chi connectivity index (χ3v) is 3.77. The van der Waals surface area contributed by atoms with E-state index in [9.17, 15) is 4.79 Å². The molecule has 0 saturated carbocycles. The largest absolute Gasteiger partial charge is 0.293 e. The number of Topliss-reactive ketones (excluding diaryl/α,β-unsaturated/α-hetero) is 1. The molecule has 2 nitrogen and oxygen atoms in total. The zero-order valence-electron chi connectivity index (χ0n) is 8.51. The Morgan fingerprint density at radius 2 is 2.12 bits per heavy atom. The smallest absolute Gasteiger partial charge is 0.173 e. The van der Waals surface area contributed by atoms with E-state index in [0.717, 1.165) is 21.1 Å². The molecule has 0 N–H and O–H groups in total. The minimum atomic E-state index is 0.186. The number of benzene rings is 1. The van der Waals surface area contributed by atoms with E-state index in [1.165, 1.54) is 11.8 Å². The Kier molecular flexibility index (Phi) is 2.26. The van der Waals surface area contributed by atoms with Crippen molar-refractivity contribution in [2.24, 2.45) is 4.99 Å². The lowest BCUT2D eigenvalue weighted by atomic mass is 10.1. The van der Waals surface area contributed by atoms with Crippen LogP contribution in [0.25, 0.3) is 0 Å². The number of hydrogen-bond donors (Lipinski definition) is 0. The van der Waals surface area contributed by atoms with Crippen LogP contribution in [-0.2, 0) is 4.79 Å². The second-order valence-corrected chi connectivity index (χ2v) is 4.69. The van der Waals surface area contributed by atoms with Crippen LogP contribution in [0.2, 0.25) is 0 Å². The maximum Gasteiger partial charge on any atom is 0.173 e. The van der Waals surface area contributed by atoms with E-state index in [-0.39, 0.29) is 5.78 Å². The second-order valence-electron chi connectivity index (χ2n) is 3.64. The summed E-state index contributed by atoms with van der Waals surface area (Å²) in [5.74, 6) is 0.186. The zero-order chi connectivity index (χ0) is 11.0. The molecule has 78 valence electrons. The molecule has 3 heteroatoms. The molecule has 1 aliphatic carbocycles. The van der Waals surface area contributed by atoms with Crippen LogP contribution in [0.15, 0.2) is 56.8 Å². The number of hydrogen-bond acceptors (Lipinski definition) is 3. The van der Waals surface area contributed by atoms with Crippen LogP contribution in [0.1, 0.15) is 6.42 Å². The molecule has 0 bridgehead atoms. The summed E-state index contributed by atoms with van der Waals surface area (Å²) < 4.78 is 0. The highest BCUT2D eigenvalue weighted by atomic mass is 32.2. The maximum absolute atomic E-state index is 11.8. The molecule has 3 rings (SSSR count). The van der Waals surface area contributed by atoms with E-state index in [1.54, 1.807) is 6.21 Å². The number of rotatable bonds is 0. The molecule has 0 aromatic heterocycles. The third kappa shape index (κ3) is 1.53. The molecule has 0 radical (unpaired) electrons. The Bertz CT molecular complexity index is 555.